The second kappa shape index (κ2) is 16.9. The smallest absolute Gasteiger partial charge is 0.183 e. The van der Waals surface area contributed by atoms with E-state index in [4.69, 9.17) is 0 Å². The SMILES string of the molecule is N#Cc1nccnc1N1CCN2[C@@H](CCC[C@@H]2C#Cc2ccccn2)C1.N#Cc1nccnc1N1CCN2[C@H](CCC[C@H]2C#Cc2ccccn2)C1. The lowest BCUT2D eigenvalue weighted by Gasteiger charge is -2.47. The molecule has 12 nitrogen and oxygen atoms in total. The first-order valence-corrected chi connectivity index (χ1v) is 18.0. The van der Waals surface area contributed by atoms with Gasteiger partial charge in [0.25, 0.3) is 0 Å². The second-order valence-corrected chi connectivity index (χ2v) is 13.2. The number of aromatic nitrogens is 6. The van der Waals surface area contributed by atoms with Crippen LogP contribution in [0.4, 0.5) is 11.6 Å². The van der Waals surface area contributed by atoms with Gasteiger partial charge < -0.3 is 9.80 Å². The molecule has 0 radical (unpaired) electrons. The van der Waals surface area contributed by atoms with Crippen LogP contribution in [-0.2, 0) is 0 Å². The predicted molar refractivity (Wildman–Crippen MR) is 196 cm³/mol. The molecule has 4 atom stereocenters. The van der Waals surface area contributed by atoms with Crippen LogP contribution in [0.3, 0.4) is 0 Å². The van der Waals surface area contributed by atoms with Crippen molar-refractivity contribution in [2.75, 3.05) is 49.1 Å². The fraction of sp³-hybridized carbons (Fsp3) is 0.400. The van der Waals surface area contributed by atoms with E-state index >= 15 is 0 Å². The molecule has 0 spiro atoms. The summed E-state index contributed by atoms with van der Waals surface area (Å²) in [6.45, 7) is 5.27. The van der Waals surface area contributed by atoms with Gasteiger partial charge in [-0.1, -0.05) is 24.0 Å². The number of hydrogen-bond donors (Lipinski definition) is 0. The monoisotopic (exact) mass is 688 g/mol. The fourth-order valence-corrected chi connectivity index (χ4v) is 7.66. The van der Waals surface area contributed by atoms with Crippen molar-refractivity contribution >= 4 is 11.6 Å². The summed E-state index contributed by atoms with van der Waals surface area (Å²) in [4.78, 5) is 35.1. The van der Waals surface area contributed by atoms with Gasteiger partial charge in [-0.05, 0) is 74.6 Å². The van der Waals surface area contributed by atoms with Crippen molar-refractivity contribution in [2.45, 2.75) is 62.7 Å². The number of rotatable bonds is 2. The number of piperidine rings is 2. The van der Waals surface area contributed by atoms with Crippen LogP contribution < -0.4 is 9.80 Å². The van der Waals surface area contributed by atoms with Gasteiger partial charge in [0, 0.05) is 88.5 Å². The molecule has 4 fully saturated rings. The Morgan fingerprint density at radius 3 is 1.40 bits per heavy atom. The molecule has 0 aromatic carbocycles. The van der Waals surface area contributed by atoms with Gasteiger partial charge >= 0.3 is 0 Å². The van der Waals surface area contributed by atoms with E-state index in [0.29, 0.717) is 35.1 Å². The molecule has 0 N–H and O–H groups in total. The minimum atomic E-state index is 0.273. The average molecular weight is 689 g/mol. The van der Waals surface area contributed by atoms with E-state index in [2.05, 4.69) is 85.3 Å². The Hall–Kier alpha value is -5.92. The Morgan fingerprint density at radius 2 is 0.981 bits per heavy atom. The van der Waals surface area contributed by atoms with E-state index < -0.39 is 0 Å². The van der Waals surface area contributed by atoms with Gasteiger partial charge in [0.1, 0.15) is 23.5 Å². The summed E-state index contributed by atoms with van der Waals surface area (Å²) in [6, 6.07) is 17.4. The maximum absolute atomic E-state index is 9.29. The zero-order valence-corrected chi connectivity index (χ0v) is 29.1. The average Bonchev–Trinajstić information content (AvgIpc) is 3.22. The Morgan fingerprint density at radius 1 is 0.519 bits per heavy atom. The highest BCUT2D eigenvalue weighted by Gasteiger charge is 2.36. The van der Waals surface area contributed by atoms with Crippen LogP contribution in [0.1, 0.15) is 61.3 Å². The minimum Gasteiger partial charge on any atom is -0.351 e. The van der Waals surface area contributed by atoms with Gasteiger partial charge in [-0.3, -0.25) is 9.80 Å². The van der Waals surface area contributed by atoms with Gasteiger partial charge in [-0.2, -0.15) is 10.5 Å². The van der Waals surface area contributed by atoms with Crippen molar-refractivity contribution in [2.24, 2.45) is 0 Å². The summed E-state index contributed by atoms with van der Waals surface area (Å²) in [5, 5.41) is 18.6. The Kier molecular flexibility index (Phi) is 11.2. The number of nitrogens with zero attached hydrogens (tertiary/aromatic N) is 12. The molecule has 0 amide bonds. The molecule has 52 heavy (non-hydrogen) atoms. The third kappa shape index (κ3) is 8.17. The molecule has 4 saturated heterocycles. The third-order valence-electron chi connectivity index (χ3n) is 10.1. The van der Waals surface area contributed by atoms with Crippen molar-refractivity contribution < 1.29 is 0 Å². The first-order valence-electron chi connectivity index (χ1n) is 18.0. The van der Waals surface area contributed by atoms with Crippen LogP contribution in [0, 0.1) is 46.3 Å². The fourth-order valence-electron chi connectivity index (χ4n) is 7.66. The lowest BCUT2D eigenvalue weighted by Crippen LogP contribution is -2.58. The van der Waals surface area contributed by atoms with Gasteiger partial charge in [-0.15, -0.1) is 0 Å². The predicted octanol–water partition coefficient (Wildman–Crippen LogP) is 3.68. The second-order valence-electron chi connectivity index (χ2n) is 13.2. The van der Waals surface area contributed by atoms with Crippen LogP contribution in [0.5, 0.6) is 0 Å². The zero-order valence-electron chi connectivity index (χ0n) is 29.1. The molecule has 12 heteroatoms. The molecule has 4 aliphatic heterocycles. The number of fused-ring (bicyclic) bond motifs is 2. The maximum Gasteiger partial charge on any atom is 0.183 e. The summed E-state index contributed by atoms with van der Waals surface area (Å²) in [7, 11) is 0. The summed E-state index contributed by atoms with van der Waals surface area (Å²) in [6.07, 6.45) is 16.9. The van der Waals surface area contributed by atoms with Crippen LogP contribution >= 0.6 is 0 Å². The van der Waals surface area contributed by atoms with Gasteiger partial charge in [0.2, 0.25) is 0 Å². The molecule has 0 saturated carbocycles. The van der Waals surface area contributed by atoms with E-state index in [1.54, 1.807) is 37.2 Å². The first-order chi connectivity index (χ1) is 25.7. The zero-order chi connectivity index (χ0) is 35.5. The van der Waals surface area contributed by atoms with Crippen LogP contribution in [0.25, 0.3) is 0 Å². The molecular formula is C40H40N12. The largest absolute Gasteiger partial charge is 0.351 e. The topological polar surface area (TPSA) is 138 Å². The molecule has 260 valence electrons. The molecule has 0 unspecified atom stereocenters. The first kappa shape index (κ1) is 34.5. The molecule has 0 bridgehead atoms. The lowest BCUT2D eigenvalue weighted by molar-refractivity contribution is 0.100. The molecule has 4 aromatic heterocycles. The molecule has 4 aliphatic rings. The number of anilines is 2. The molecule has 0 aliphatic carbocycles. The number of piperazine rings is 2. The summed E-state index contributed by atoms with van der Waals surface area (Å²) < 4.78 is 0. The van der Waals surface area contributed by atoms with Crippen molar-refractivity contribution in [3.63, 3.8) is 0 Å². The standard InChI is InChI=1S/2C20H20N6/c2*21-14-19-20(24-11-10-23-19)25-12-13-26-17(5-3-6-18(26)15-25)8-7-16-4-1-2-9-22-16/h2*1-2,4,9-11,17-18H,3,5-6,12-13,15H2/t2*17-,18+/m10/s1. The van der Waals surface area contributed by atoms with Crippen molar-refractivity contribution in [3.8, 4) is 35.8 Å². The summed E-state index contributed by atoms with van der Waals surface area (Å²) >= 11 is 0. The van der Waals surface area contributed by atoms with E-state index in [1.807, 2.05) is 36.4 Å². The quantitative estimate of drug-likeness (QED) is 0.284. The van der Waals surface area contributed by atoms with E-state index in [1.165, 1.54) is 12.8 Å². The van der Waals surface area contributed by atoms with Gasteiger partial charge in [0.05, 0.1) is 12.1 Å². The molecule has 4 aromatic rings. The van der Waals surface area contributed by atoms with Crippen LogP contribution in [-0.4, -0.2) is 103 Å². The highest BCUT2D eigenvalue weighted by atomic mass is 15.3. The number of hydrogen-bond acceptors (Lipinski definition) is 12. The van der Waals surface area contributed by atoms with Crippen LogP contribution in [0.15, 0.2) is 73.6 Å². The number of pyridine rings is 2. The third-order valence-corrected chi connectivity index (χ3v) is 10.1. The van der Waals surface area contributed by atoms with E-state index in [0.717, 1.165) is 76.3 Å². The minimum absolute atomic E-state index is 0.273. The van der Waals surface area contributed by atoms with Gasteiger partial charge in [0.15, 0.2) is 23.0 Å². The maximum atomic E-state index is 9.29. The highest BCUT2D eigenvalue weighted by Crippen LogP contribution is 2.30. The van der Waals surface area contributed by atoms with E-state index in [9.17, 15) is 10.5 Å². The highest BCUT2D eigenvalue weighted by molar-refractivity contribution is 5.51. The number of nitriles is 2. The van der Waals surface area contributed by atoms with Crippen molar-refractivity contribution in [1.29, 1.82) is 10.5 Å². The summed E-state index contributed by atoms with van der Waals surface area (Å²) in [5.74, 6) is 14.7. The lowest BCUT2D eigenvalue weighted by atomic mass is 9.93. The van der Waals surface area contributed by atoms with E-state index in [-0.39, 0.29) is 12.1 Å². The molecule has 8 heterocycles. The molecular weight excluding hydrogens is 649 g/mol. The van der Waals surface area contributed by atoms with Crippen molar-refractivity contribution in [1.82, 2.24) is 39.7 Å². The van der Waals surface area contributed by atoms with Crippen molar-refractivity contribution in [3.05, 3.63) is 96.4 Å². The van der Waals surface area contributed by atoms with Crippen LogP contribution in [0.2, 0.25) is 0 Å². The Labute approximate surface area is 305 Å². The Bertz CT molecular complexity index is 1870. The molecule has 8 rings (SSSR count). The van der Waals surface area contributed by atoms with Gasteiger partial charge in [-0.25, -0.2) is 29.9 Å². The normalized spacial score (nSPS) is 22.7. The summed E-state index contributed by atoms with van der Waals surface area (Å²) in [5.41, 5.74) is 2.46. The Balaban J connectivity index is 0.000000162.